The molecule has 0 aliphatic carbocycles. The number of nitrogens with one attached hydrogen (secondary N) is 2. The minimum atomic E-state index is -0.156. The molecule has 0 spiro atoms. The summed E-state index contributed by atoms with van der Waals surface area (Å²) in [4.78, 5) is 11.5. The van der Waals surface area contributed by atoms with Crippen molar-refractivity contribution in [3.63, 3.8) is 0 Å². The maximum absolute atomic E-state index is 11.5. The Morgan fingerprint density at radius 1 is 1.38 bits per heavy atom. The molecule has 0 saturated carbocycles. The van der Waals surface area contributed by atoms with E-state index in [-0.39, 0.29) is 11.4 Å². The predicted octanol–water partition coefficient (Wildman–Crippen LogP) is 3.46. The largest absolute Gasteiger partial charge is 0.337 e. The predicted molar refractivity (Wildman–Crippen MR) is 75.6 cm³/mol. The molecule has 0 heterocycles. The molecule has 2 amide bonds. The van der Waals surface area contributed by atoms with Gasteiger partial charge in [0.25, 0.3) is 0 Å². The van der Waals surface area contributed by atoms with Crippen molar-refractivity contribution in [2.45, 2.75) is 20.8 Å². The smallest absolute Gasteiger partial charge is 0.319 e. The minimum Gasteiger partial charge on any atom is -0.337 e. The van der Waals surface area contributed by atoms with E-state index in [1.54, 1.807) is 0 Å². The fraction of sp³-hybridized carbons (Fsp3) is 0.417. The summed E-state index contributed by atoms with van der Waals surface area (Å²) in [6.07, 6.45) is 0. The van der Waals surface area contributed by atoms with E-state index in [1.165, 1.54) is 0 Å². The summed E-state index contributed by atoms with van der Waals surface area (Å²) in [5.41, 5.74) is 0.918. The molecule has 0 atom stereocenters. The van der Waals surface area contributed by atoms with E-state index in [2.05, 4.69) is 54.0 Å². The van der Waals surface area contributed by atoms with Crippen molar-refractivity contribution in [2.75, 3.05) is 11.9 Å². The van der Waals surface area contributed by atoms with Gasteiger partial charge in [0.15, 0.2) is 0 Å². The number of halogens is 1. The van der Waals surface area contributed by atoms with Crippen LogP contribution in [0.2, 0.25) is 0 Å². The van der Waals surface area contributed by atoms with Crippen LogP contribution in [0.1, 0.15) is 20.8 Å². The second-order valence-electron chi connectivity index (χ2n) is 4.88. The van der Waals surface area contributed by atoms with E-state index in [4.69, 9.17) is 0 Å². The number of hydrogen-bond acceptors (Lipinski definition) is 1. The van der Waals surface area contributed by atoms with Crippen molar-refractivity contribution in [3.05, 3.63) is 27.8 Å². The lowest BCUT2D eigenvalue weighted by Crippen LogP contribution is -2.35. The van der Waals surface area contributed by atoms with Gasteiger partial charge in [-0.3, -0.25) is 0 Å². The van der Waals surface area contributed by atoms with Gasteiger partial charge < -0.3 is 10.6 Å². The molecule has 0 radical (unpaired) electrons. The minimum absolute atomic E-state index is 0.0997. The van der Waals surface area contributed by atoms with Gasteiger partial charge in [0.2, 0.25) is 0 Å². The highest BCUT2D eigenvalue weighted by Crippen LogP contribution is 2.13. The lowest BCUT2D eigenvalue weighted by Gasteiger charge is -2.18. The van der Waals surface area contributed by atoms with E-state index in [1.807, 2.05) is 24.3 Å². The standard InChI is InChI=1S/C12H17IN2O/c1-12(2,3)8-14-11(16)15-10-6-4-5-9(13)7-10/h4-7H,8H2,1-3H3,(H2,14,15,16). The van der Waals surface area contributed by atoms with Crippen LogP contribution < -0.4 is 10.6 Å². The van der Waals surface area contributed by atoms with Gasteiger partial charge in [-0.25, -0.2) is 4.79 Å². The average molecular weight is 332 g/mol. The van der Waals surface area contributed by atoms with Gasteiger partial charge >= 0.3 is 6.03 Å². The molecular weight excluding hydrogens is 315 g/mol. The van der Waals surface area contributed by atoms with Crippen LogP contribution in [0.3, 0.4) is 0 Å². The highest BCUT2D eigenvalue weighted by atomic mass is 127. The van der Waals surface area contributed by atoms with Gasteiger partial charge in [0.1, 0.15) is 0 Å². The van der Waals surface area contributed by atoms with Crippen LogP contribution in [0.5, 0.6) is 0 Å². The molecule has 1 rings (SSSR count). The van der Waals surface area contributed by atoms with Crippen molar-refractivity contribution in [1.29, 1.82) is 0 Å². The SMILES string of the molecule is CC(C)(C)CNC(=O)Nc1cccc(I)c1. The third kappa shape index (κ3) is 5.34. The molecule has 0 unspecified atom stereocenters. The van der Waals surface area contributed by atoms with Crippen LogP contribution in [0.15, 0.2) is 24.3 Å². The Kier molecular flexibility index (Phi) is 4.58. The van der Waals surface area contributed by atoms with E-state index >= 15 is 0 Å². The van der Waals surface area contributed by atoms with E-state index in [0.29, 0.717) is 6.54 Å². The van der Waals surface area contributed by atoms with Gasteiger partial charge in [-0.15, -0.1) is 0 Å². The topological polar surface area (TPSA) is 41.1 Å². The van der Waals surface area contributed by atoms with Crippen LogP contribution in [0, 0.1) is 8.99 Å². The quantitative estimate of drug-likeness (QED) is 0.800. The van der Waals surface area contributed by atoms with Crippen molar-refractivity contribution in [3.8, 4) is 0 Å². The molecule has 2 N–H and O–H groups in total. The highest BCUT2D eigenvalue weighted by molar-refractivity contribution is 14.1. The molecule has 4 heteroatoms. The number of rotatable bonds is 2. The first-order valence-electron chi connectivity index (χ1n) is 5.17. The summed E-state index contributed by atoms with van der Waals surface area (Å²) >= 11 is 2.21. The Hall–Kier alpha value is -0.780. The Bertz CT molecular complexity index is 372. The van der Waals surface area contributed by atoms with Crippen molar-refractivity contribution < 1.29 is 4.79 Å². The molecule has 1 aromatic rings. The van der Waals surface area contributed by atoms with Crippen LogP contribution in [0.4, 0.5) is 10.5 Å². The molecule has 0 bridgehead atoms. The van der Waals surface area contributed by atoms with Crippen LogP contribution >= 0.6 is 22.6 Å². The summed E-state index contributed by atoms with van der Waals surface area (Å²) in [6.45, 7) is 6.90. The second-order valence-corrected chi connectivity index (χ2v) is 6.12. The summed E-state index contributed by atoms with van der Waals surface area (Å²) in [7, 11) is 0. The van der Waals surface area contributed by atoms with Crippen LogP contribution in [0.25, 0.3) is 0 Å². The Morgan fingerprint density at radius 2 is 2.06 bits per heavy atom. The molecule has 16 heavy (non-hydrogen) atoms. The molecule has 1 aromatic carbocycles. The maximum atomic E-state index is 11.5. The number of carbonyl (C=O) groups excluding carboxylic acids is 1. The van der Waals surface area contributed by atoms with E-state index in [0.717, 1.165) is 9.26 Å². The molecule has 0 aliphatic rings. The van der Waals surface area contributed by atoms with E-state index in [9.17, 15) is 4.79 Å². The highest BCUT2D eigenvalue weighted by Gasteiger charge is 2.11. The zero-order valence-electron chi connectivity index (χ0n) is 9.80. The van der Waals surface area contributed by atoms with Crippen molar-refractivity contribution in [1.82, 2.24) is 5.32 Å². The molecule has 88 valence electrons. The van der Waals surface area contributed by atoms with Gasteiger partial charge in [-0.2, -0.15) is 0 Å². The number of amides is 2. The van der Waals surface area contributed by atoms with Crippen LogP contribution in [-0.4, -0.2) is 12.6 Å². The zero-order chi connectivity index (χ0) is 12.2. The average Bonchev–Trinajstić information content (AvgIpc) is 2.14. The van der Waals surface area contributed by atoms with Crippen molar-refractivity contribution in [2.24, 2.45) is 5.41 Å². The van der Waals surface area contributed by atoms with Gasteiger partial charge in [0.05, 0.1) is 0 Å². The molecule has 3 nitrogen and oxygen atoms in total. The first-order valence-corrected chi connectivity index (χ1v) is 6.25. The summed E-state index contributed by atoms with van der Waals surface area (Å²) in [5, 5.41) is 5.64. The van der Waals surface area contributed by atoms with Crippen molar-refractivity contribution >= 4 is 34.3 Å². The number of benzene rings is 1. The number of carbonyl (C=O) groups is 1. The fourth-order valence-electron chi connectivity index (χ4n) is 1.09. The third-order valence-corrected chi connectivity index (χ3v) is 2.53. The molecule has 0 saturated heterocycles. The number of urea groups is 1. The molecular formula is C12H17IN2O. The summed E-state index contributed by atoms with van der Waals surface area (Å²) in [6, 6.07) is 7.55. The lowest BCUT2D eigenvalue weighted by molar-refractivity contribution is 0.247. The zero-order valence-corrected chi connectivity index (χ0v) is 12.0. The lowest BCUT2D eigenvalue weighted by atomic mass is 9.97. The first-order chi connectivity index (χ1) is 7.37. The van der Waals surface area contributed by atoms with Crippen LogP contribution in [-0.2, 0) is 0 Å². The summed E-state index contributed by atoms with van der Waals surface area (Å²) in [5.74, 6) is 0. The molecule has 0 aromatic heterocycles. The Labute approximate surface area is 110 Å². The first kappa shape index (κ1) is 13.3. The monoisotopic (exact) mass is 332 g/mol. The maximum Gasteiger partial charge on any atom is 0.319 e. The Balaban J connectivity index is 2.46. The fourth-order valence-corrected chi connectivity index (χ4v) is 1.63. The van der Waals surface area contributed by atoms with Gasteiger partial charge in [-0.1, -0.05) is 26.8 Å². The van der Waals surface area contributed by atoms with Gasteiger partial charge in [0, 0.05) is 15.8 Å². The number of hydrogen-bond donors (Lipinski definition) is 2. The normalized spacial score (nSPS) is 11.0. The third-order valence-electron chi connectivity index (χ3n) is 1.86. The molecule has 0 aliphatic heterocycles. The van der Waals surface area contributed by atoms with Gasteiger partial charge in [-0.05, 0) is 46.2 Å². The summed E-state index contributed by atoms with van der Waals surface area (Å²) < 4.78 is 1.10. The Morgan fingerprint density at radius 3 is 2.62 bits per heavy atom. The van der Waals surface area contributed by atoms with E-state index < -0.39 is 0 Å². The molecule has 0 fully saturated rings. The number of anilines is 1. The second kappa shape index (κ2) is 5.52.